The van der Waals surface area contributed by atoms with Crippen molar-refractivity contribution < 1.29 is 27.8 Å². The Morgan fingerprint density at radius 2 is 1.97 bits per heavy atom. The number of hydrogen-bond donors (Lipinski definition) is 1. The van der Waals surface area contributed by atoms with Gasteiger partial charge in [0, 0.05) is 58.2 Å². The molecule has 36 heavy (non-hydrogen) atoms. The molecule has 1 N–H and O–H groups in total. The Kier molecular flexibility index (Phi) is 7.67. The second-order valence-corrected chi connectivity index (χ2v) is 10.9. The van der Waals surface area contributed by atoms with Crippen molar-refractivity contribution >= 4 is 11.9 Å². The van der Waals surface area contributed by atoms with Crippen molar-refractivity contribution in [3.63, 3.8) is 0 Å². The van der Waals surface area contributed by atoms with E-state index < -0.39 is 17.5 Å². The van der Waals surface area contributed by atoms with E-state index in [1.54, 1.807) is 4.90 Å². The van der Waals surface area contributed by atoms with Crippen LogP contribution in [0.2, 0.25) is 0 Å². The number of alkyl halides is 3. The predicted molar refractivity (Wildman–Crippen MR) is 129 cm³/mol. The van der Waals surface area contributed by atoms with Crippen molar-refractivity contribution in [3.8, 4) is 0 Å². The van der Waals surface area contributed by atoms with E-state index in [0.717, 1.165) is 37.2 Å². The molecule has 10 heteroatoms. The lowest BCUT2D eigenvalue weighted by atomic mass is 9.57. The molecule has 1 aromatic heterocycles. The first kappa shape index (κ1) is 26.9. The summed E-state index contributed by atoms with van der Waals surface area (Å²) in [5, 5.41) is 11.8. The number of carbonyl (C=O) groups excluding carboxylic acids is 1. The van der Waals surface area contributed by atoms with Gasteiger partial charge in [0.15, 0.2) is 0 Å². The first-order valence-electron chi connectivity index (χ1n) is 12.8. The monoisotopic (exact) mass is 510 g/mol. The third-order valence-electron chi connectivity index (χ3n) is 8.46. The number of carbonyl (C=O) groups is 1. The largest absolute Gasteiger partial charge is 0.458 e. The Morgan fingerprint density at radius 1 is 1.28 bits per heavy atom. The molecule has 1 aliphatic heterocycles. The van der Waals surface area contributed by atoms with Crippen molar-refractivity contribution in [3.05, 3.63) is 29.6 Å². The van der Waals surface area contributed by atoms with Crippen LogP contribution in [-0.4, -0.2) is 70.4 Å². The minimum Gasteiger partial charge on any atom is -0.458 e. The average Bonchev–Trinajstić information content (AvgIpc) is 2.81. The zero-order valence-corrected chi connectivity index (χ0v) is 21.5. The smallest absolute Gasteiger partial charge is 0.433 e. The molecule has 2 aliphatic carbocycles. The Hall–Kier alpha value is -2.20. The van der Waals surface area contributed by atoms with E-state index in [9.17, 15) is 23.1 Å². The first-order valence-corrected chi connectivity index (χ1v) is 12.8. The van der Waals surface area contributed by atoms with Gasteiger partial charge in [0.05, 0.1) is 5.60 Å². The van der Waals surface area contributed by atoms with Crippen LogP contribution in [0.4, 0.5) is 19.1 Å². The van der Waals surface area contributed by atoms with Gasteiger partial charge in [0.25, 0.3) is 0 Å². The molecule has 1 aromatic rings. The number of nitrogens with zero attached hydrogens (tertiary/aromatic N) is 4. The molecule has 200 valence electrons. The molecule has 4 rings (SSSR count). The summed E-state index contributed by atoms with van der Waals surface area (Å²) in [6, 6.07) is 0.892. The fourth-order valence-corrected chi connectivity index (χ4v) is 6.33. The average molecular weight is 511 g/mol. The lowest BCUT2D eigenvalue weighted by molar-refractivity contribution is -0.159. The molecule has 0 spiro atoms. The summed E-state index contributed by atoms with van der Waals surface area (Å²) < 4.78 is 44.6. The molecule has 2 heterocycles. The van der Waals surface area contributed by atoms with Gasteiger partial charge in [-0.1, -0.05) is 19.9 Å². The van der Waals surface area contributed by atoms with Gasteiger partial charge in [0.2, 0.25) is 5.95 Å². The Bertz CT molecular complexity index is 979. The van der Waals surface area contributed by atoms with Crippen LogP contribution < -0.4 is 4.90 Å². The number of anilines is 1. The zero-order chi connectivity index (χ0) is 26.3. The molecule has 0 amide bonds. The number of fused-ring (bicyclic) bond motifs is 1. The molecule has 1 saturated carbocycles. The number of halogens is 3. The number of ether oxygens (including phenoxy) is 1. The molecule has 3 aliphatic rings. The van der Waals surface area contributed by atoms with Crippen LogP contribution in [0.5, 0.6) is 0 Å². The predicted octanol–water partition coefficient (Wildman–Crippen LogP) is 3.93. The van der Waals surface area contributed by atoms with E-state index >= 15 is 0 Å². The summed E-state index contributed by atoms with van der Waals surface area (Å²) in [5.41, 5.74) is -0.828. The summed E-state index contributed by atoms with van der Waals surface area (Å²) in [4.78, 5) is 23.5. The maximum absolute atomic E-state index is 13.0. The zero-order valence-electron chi connectivity index (χ0n) is 21.5. The minimum absolute atomic E-state index is 0.00264. The number of hydrogen-bond acceptors (Lipinski definition) is 7. The second kappa shape index (κ2) is 10.3. The van der Waals surface area contributed by atoms with Gasteiger partial charge in [-0.3, -0.25) is 9.69 Å². The maximum Gasteiger partial charge on any atom is 0.433 e. The summed E-state index contributed by atoms with van der Waals surface area (Å²) in [5.74, 6) is 0.517. The van der Waals surface area contributed by atoms with E-state index in [2.05, 4.69) is 34.8 Å². The third-order valence-corrected chi connectivity index (χ3v) is 8.46. The number of rotatable bonds is 5. The van der Waals surface area contributed by atoms with Crippen LogP contribution in [0, 0.1) is 23.7 Å². The lowest BCUT2D eigenvalue weighted by Crippen LogP contribution is -2.56. The van der Waals surface area contributed by atoms with Gasteiger partial charge >= 0.3 is 12.1 Å². The van der Waals surface area contributed by atoms with Crippen molar-refractivity contribution in [1.82, 2.24) is 14.9 Å². The van der Waals surface area contributed by atoms with Gasteiger partial charge in [-0.15, -0.1) is 0 Å². The summed E-state index contributed by atoms with van der Waals surface area (Å²) in [7, 11) is 0. The summed E-state index contributed by atoms with van der Waals surface area (Å²) >= 11 is 0. The van der Waals surface area contributed by atoms with Gasteiger partial charge in [-0.25, -0.2) is 9.97 Å². The highest BCUT2D eigenvalue weighted by Crippen LogP contribution is 2.51. The molecule has 0 unspecified atom stereocenters. The Balaban J connectivity index is 1.39. The highest BCUT2D eigenvalue weighted by atomic mass is 19.4. The molecule has 7 nitrogen and oxygen atoms in total. The summed E-state index contributed by atoms with van der Waals surface area (Å²) in [6.07, 6.45) is 0.801. The van der Waals surface area contributed by atoms with Crippen molar-refractivity contribution in [2.24, 2.45) is 23.7 Å². The van der Waals surface area contributed by atoms with E-state index in [4.69, 9.17) is 4.74 Å². The first-order chi connectivity index (χ1) is 16.9. The Morgan fingerprint density at radius 3 is 2.61 bits per heavy atom. The van der Waals surface area contributed by atoms with Gasteiger partial charge in [0.1, 0.15) is 11.8 Å². The molecule has 0 bridgehead atoms. The van der Waals surface area contributed by atoms with Crippen LogP contribution in [0.25, 0.3) is 0 Å². The van der Waals surface area contributed by atoms with E-state index in [0.29, 0.717) is 44.4 Å². The maximum atomic E-state index is 13.0. The fraction of sp³-hybridized carbons (Fsp3) is 0.731. The number of aromatic nitrogens is 2. The second-order valence-electron chi connectivity index (χ2n) is 10.9. The quantitative estimate of drug-likeness (QED) is 0.475. The van der Waals surface area contributed by atoms with Crippen LogP contribution in [0.3, 0.4) is 0 Å². The lowest BCUT2D eigenvalue weighted by Gasteiger charge is -2.53. The molecule has 1 saturated heterocycles. The molecular formula is C26H37F3N4O3. The molecule has 2 fully saturated rings. The van der Waals surface area contributed by atoms with Crippen LogP contribution >= 0.6 is 0 Å². The topological polar surface area (TPSA) is 78.8 Å². The number of aliphatic hydroxyl groups is 1. The van der Waals surface area contributed by atoms with Crippen LogP contribution in [0.15, 0.2) is 23.9 Å². The van der Waals surface area contributed by atoms with Crippen molar-refractivity contribution in [2.75, 3.05) is 37.6 Å². The van der Waals surface area contributed by atoms with Crippen LogP contribution in [-0.2, 0) is 15.7 Å². The van der Waals surface area contributed by atoms with Gasteiger partial charge < -0.3 is 14.7 Å². The fourth-order valence-electron chi connectivity index (χ4n) is 6.33. The summed E-state index contributed by atoms with van der Waals surface area (Å²) in [6.45, 7) is 11.1. The van der Waals surface area contributed by atoms with Crippen molar-refractivity contribution in [1.29, 1.82) is 0 Å². The number of esters is 1. The molecular weight excluding hydrogens is 473 g/mol. The highest BCUT2D eigenvalue weighted by molar-refractivity contribution is 5.66. The van der Waals surface area contributed by atoms with Crippen LogP contribution in [0.1, 0.15) is 52.7 Å². The van der Waals surface area contributed by atoms with E-state index in [1.165, 1.54) is 6.92 Å². The van der Waals surface area contributed by atoms with Gasteiger partial charge in [-0.05, 0) is 49.2 Å². The molecule has 0 aromatic carbocycles. The number of piperazine rings is 1. The third kappa shape index (κ3) is 5.54. The SMILES string of the molecule is CC(=O)O[C@@H]1C[C@@]2(O)[C@H](C)CC[C@@H]([C@H](C)CN3CCN(c4nccc(C(F)(F)F)n4)CC3)[C@H]2C=C1C. The minimum atomic E-state index is -4.49. The van der Waals surface area contributed by atoms with Crippen molar-refractivity contribution in [2.45, 2.75) is 64.8 Å². The normalized spacial score (nSPS) is 32.4. The highest BCUT2D eigenvalue weighted by Gasteiger charge is 2.52. The molecule has 0 radical (unpaired) electrons. The molecule has 6 atom stereocenters. The van der Waals surface area contributed by atoms with E-state index in [1.807, 2.05) is 6.92 Å². The Labute approximate surface area is 210 Å². The standard InChI is InChI=1S/C26H37F3N4O3/c1-16-13-21-20(6-5-18(3)25(21,35)14-22(16)36-19(4)34)17(2)15-32-9-11-33(12-10-32)24-30-8-7-23(31-24)26(27,28)29/h7-8,13,17-18,20-22,35H,5-6,9-12,14-15H2,1-4H3/t17-,18-,20+,21-,22-,25-/m1/s1. The van der Waals surface area contributed by atoms with E-state index in [-0.39, 0.29) is 29.9 Å². The van der Waals surface area contributed by atoms with Gasteiger partial charge in [-0.2, -0.15) is 13.2 Å².